The van der Waals surface area contributed by atoms with E-state index in [4.69, 9.17) is 23.2 Å². The molecular weight excluding hydrogens is 269 g/mol. The molecule has 2 rings (SSSR count). The van der Waals surface area contributed by atoms with E-state index in [1.54, 1.807) is 0 Å². The molecular formula is C14H21Cl2NO. The Kier molecular flexibility index (Phi) is 3.99. The first-order valence-corrected chi connectivity index (χ1v) is 7.41. The maximum absolute atomic E-state index is 12.5. The predicted octanol–water partition coefficient (Wildman–Crippen LogP) is 3.84. The number of halogens is 2. The number of carbonyl (C=O) groups is 1. The third kappa shape index (κ3) is 2.70. The number of piperidine rings is 1. The molecule has 3 atom stereocenters. The Bertz CT molecular complexity index is 374. The lowest BCUT2D eigenvalue weighted by Crippen LogP contribution is -2.40. The maximum Gasteiger partial charge on any atom is 0.226 e. The Morgan fingerprint density at radius 1 is 1.39 bits per heavy atom. The lowest BCUT2D eigenvalue weighted by molar-refractivity contribution is -0.135. The fourth-order valence-electron chi connectivity index (χ4n) is 3.18. The third-order valence-electron chi connectivity index (χ3n) is 4.45. The van der Waals surface area contributed by atoms with Crippen molar-refractivity contribution in [2.45, 2.75) is 33.6 Å². The van der Waals surface area contributed by atoms with Gasteiger partial charge in [-0.1, -0.05) is 44.0 Å². The van der Waals surface area contributed by atoms with Crippen molar-refractivity contribution >= 4 is 29.1 Å². The monoisotopic (exact) mass is 289 g/mol. The van der Waals surface area contributed by atoms with Crippen LogP contribution in [0.2, 0.25) is 0 Å². The molecule has 0 bridgehead atoms. The zero-order valence-corrected chi connectivity index (χ0v) is 12.8. The van der Waals surface area contributed by atoms with Gasteiger partial charge in [-0.2, -0.15) is 0 Å². The van der Waals surface area contributed by atoms with E-state index in [2.05, 4.69) is 20.8 Å². The quantitative estimate of drug-likeness (QED) is 0.756. The van der Waals surface area contributed by atoms with Crippen LogP contribution in [-0.4, -0.2) is 23.9 Å². The van der Waals surface area contributed by atoms with Crippen molar-refractivity contribution in [1.82, 2.24) is 4.90 Å². The maximum atomic E-state index is 12.5. The van der Waals surface area contributed by atoms with Crippen LogP contribution in [0.15, 0.2) is 10.6 Å². The highest BCUT2D eigenvalue weighted by atomic mass is 35.5. The van der Waals surface area contributed by atoms with E-state index in [0.717, 1.165) is 19.5 Å². The number of hydrogen-bond acceptors (Lipinski definition) is 1. The topological polar surface area (TPSA) is 20.3 Å². The highest BCUT2D eigenvalue weighted by Crippen LogP contribution is 2.60. The molecule has 1 amide bonds. The molecule has 0 radical (unpaired) electrons. The molecule has 2 fully saturated rings. The van der Waals surface area contributed by atoms with E-state index in [9.17, 15) is 4.79 Å². The largest absolute Gasteiger partial charge is 0.342 e. The van der Waals surface area contributed by atoms with Crippen LogP contribution in [-0.2, 0) is 4.79 Å². The van der Waals surface area contributed by atoms with Gasteiger partial charge in [0.05, 0.1) is 5.92 Å². The van der Waals surface area contributed by atoms with Crippen molar-refractivity contribution in [3.8, 4) is 0 Å². The fourth-order valence-corrected chi connectivity index (χ4v) is 3.45. The smallest absolute Gasteiger partial charge is 0.226 e. The molecule has 1 aliphatic carbocycles. The van der Waals surface area contributed by atoms with E-state index >= 15 is 0 Å². The minimum Gasteiger partial charge on any atom is -0.342 e. The van der Waals surface area contributed by atoms with Crippen LogP contribution in [0.1, 0.15) is 33.6 Å². The second-order valence-corrected chi connectivity index (χ2v) is 7.32. The summed E-state index contributed by atoms with van der Waals surface area (Å²) in [6.45, 7) is 8.24. The standard InChI is InChI=1S/C14H21Cl2NO/c1-9-5-4-6-17(8-9)13(18)12-10(7-11(15)16)14(12,2)3/h7,9-10,12H,4-6,8H2,1-3H3/t9-,10+,12-/m1/s1. The van der Waals surface area contributed by atoms with Gasteiger partial charge in [0, 0.05) is 13.1 Å². The number of carbonyl (C=O) groups excluding carboxylic acids is 1. The number of likely N-dealkylation sites (tertiary alicyclic amines) is 1. The first-order valence-electron chi connectivity index (χ1n) is 6.65. The van der Waals surface area contributed by atoms with Crippen LogP contribution in [0, 0.1) is 23.2 Å². The Balaban J connectivity index is 2.04. The zero-order chi connectivity index (χ0) is 13.5. The van der Waals surface area contributed by atoms with Gasteiger partial charge in [0.1, 0.15) is 4.49 Å². The molecule has 18 heavy (non-hydrogen) atoms. The molecule has 2 nitrogen and oxygen atoms in total. The normalized spacial score (nSPS) is 34.1. The SMILES string of the molecule is C[C@@H]1CCCN(C(=O)[C@H]2[C@H](C=C(Cl)Cl)C2(C)C)C1. The van der Waals surface area contributed by atoms with Crippen molar-refractivity contribution in [3.05, 3.63) is 10.6 Å². The first-order chi connectivity index (χ1) is 8.34. The average Bonchev–Trinajstić information content (AvgIpc) is 2.78. The number of rotatable bonds is 2. The van der Waals surface area contributed by atoms with E-state index in [1.807, 2.05) is 11.0 Å². The van der Waals surface area contributed by atoms with Gasteiger partial charge in [-0.25, -0.2) is 0 Å². The van der Waals surface area contributed by atoms with Crippen molar-refractivity contribution in [3.63, 3.8) is 0 Å². The summed E-state index contributed by atoms with van der Waals surface area (Å²) in [5.41, 5.74) is -0.00714. The molecule has 1 saturated heterocycles. The van der Waals surface area contributed by atoms with Crippen LogP contribution < -0.4 is 0 Å². The summed E-state index contributed by atoms with van der Waals surface area (Å²) in [4.78, 5) is 14.5. The van der Waals surface area contributed by atoms with Gasteiger partial charge in [0.2, 0.25) is 5.91 Å². The second kappa shape index (κ2) is 5.05. The summed E-state index contributed by atoms with van der Waals surface area (Å²) in [5, 5.41) is 0. The van der Waals surface area contributed by atoms with Gasteiger partial charge >= 0.3 is 0 Å². The molecule has 2 aliphatic rings. The average molecular weight is 290 g/mol. The molecule has 4 heteroatoms. The van der Waals surface area contributed by atoms with Crippen LogP contribution >= 0.6 is 23.2 Å². The van der Waals surface area contributed by atoms with Crippen LogP contribution in [0.5, 0.6) is 0 Å². The first kappa shape index (κ1) is 14.2. The lowest BCUT2D eigenvalue weighted by atomic mass is 9.99. The molecule has 0 aromatic heterocycles. The van der Waals surface area contributed by atoms with Crippen LogP contribution in [0.4, 0.5) is 0 Å². The minimum absolute atomic E-state index is 0.00714. The molecule has 0 spiro atoms. The molecule has 0 unspecified atom stereocenters. The molecule has 0 N–H and O–H groups in total. The van der Waals surface area contributed by atoms with Gasteiger partial charge in [0.25, 0.3) is 0 Å². The van der Waals surface area contributed by atoms with Gasteiger partial charge in [0.15, 0.2) is 0 Å². The lowest BCUT2D eigenvalue weighted by Gasteiger charge is -2.31. The molecule has 0 aromatic rings. The van der Waals surface area contributed by atoms with Gasteiger partial charge < -0.3 is 4.90 Å². The van der Waals surface area contributed by atoms with E-state index in [0.29, 0.717) is 5.92 Å². The summed E-state index contributed by atoms with van der Waals surface area (Å²) in [6.07, 6.45) is 4.17. The molecule has 0 aromatic carbocycles. The third-order valence-corrected chi connectivity index (χ3v) is 4.70. The van der Waals surface area contributed by atoms with Gasteiger partial charge in [-0.15, -0.1) is 0 Å². The van der Waals surface area contributed by atoms with E-state index < -0.39 is 0 Å². The Morgan fingerprint density at radius 3 is 2.61 bits per heavy atom. The van der Waals surface area contributed by atoms with Gasteiger partial charge in [-0.05, 0) is 36.2 Å². The molecule has 1 aliphatic heterocycles. The number of hydrogen-bond donors (Lipinski definition) is 0. The summed E-state index contributed by atoms with van der Waals surface area (Å²) in [5.74, 6) is 1.14. The van der Waals surface area contributed by atoms with Crippen molar-refractivity contribution in [2.24, 2.45) is 23.2 Å². The molecule has 102 valence electrons. The number of amides is 1. The van der Waals surface area contributed by atoms with E-state index in [-0.39, 0.29) is 27.6 Å². The predicted molar refractivity (Wildman–Crippen MR) is 75.5 cm³/mol. The Hall–Kier alpha value is -0.210. The van der Waals surface area contributed by atoms with Crippen molar-refractivity contribution < 1.29 is 4.79 Å². The summed E-state index contributed by atoms with van der Waals surface area (Å²) in [6, 6.07) is 0. The zero-order valence-electron chi connectivity index (χ0n) is 11.2. The highest BCUT2D eigenvalue weighted by Gasteiger charge is 2.61. The number of nitrogens with zero attached hydrogens (tertiary/aromatic N) is 1. The Labute approximate surface area is 119 Å². The fraction of sp³-hybridized carbons (Fsp3) is 0.786. The Morgan fingerprint density at radius 2 is 2.06 bits per heavy atom. The summed E-state index contributed by atoms with van der Waals surface area (Å²) < 4.78 is 0.274. The van der Waals surface area contributed by atoms with Crippen LogP contribution in [0.3, 0.4) is 0 Å². The minimum atomic E-state index is -0.00714. The molecule has 1 saturated carbocycles. The van der Waals surface area contributed by atoms with Crippen molar-refractivity contribution in [2.75, 3.05) is 13.1 Å². The second-order valence-electron chi connectivity index (χ2n) is 6.31. The van der Waals surface area contributed by atoms with Crippen LogP contribution in [0.25, 0.3) is 0 Å². The number of allylic oxidation sites excluding steroid dienone is 1. The summed E-state index contributed by atoms with van der Waals surface area (Å²) >= 11 is 11.4. The summed E-state index contributed by atoms with van der Waals surface area (Å²) in [7, 11) is 0. The van der Waals surface area contributed by atoms with Gasteiger partial charge in [-0.3, -0.25) is 4.79 Å². The van der Waals surface area contributed by atoms with Crippen molar-refractivity contribution in [1.29, 1.82) is 0 Å². The highest BCUT2D eigenvalue weighted by molar-refractivity contribution is 6.55. The van der Waals surface area contributed by atoms with E-state index in [1.165, 1.54) is 6.42 Å². The molecule has 1 heterocycles.